The molecular weight excluding hydrogens is 368 g/mol. The molecule has 0 aliphatic rings. The second kappa shape index (κ2) is 14.2. The second-order valence-electron chi connectivity index (χ2n) is 8.60. The summed E-state index contributed by atoms with van der Waals surface area (Å²) in [6, 6.07) is 6.82. The number of unbranched alkanes of at least 4 members (excludes halogenated alkanes) is 6. The summed E-state index contributed by atoms with van der Waals surface area (Å²) >= 11 is 0. The van der Waals surface area contributed by atoms with Crippen molar-refractivity contribution in [1.82, 2.24) is 0 Å². The molecule has 0 aromatic heterocycles. The third kappa shape index (κ3) is 11.2. The minimum absolute atomic E-state index is 0.244. The van der Waals surface area contributed by atoms with Gasteiger partial charge in [-0.1, -0.05) is 103 Å². The fourth-order valence-electron chi connectivity index (χ4n) is 3.47. The van der Waals surface area contributed by atoms with Gasteiger partial charge in [-0.15, -0.1) is 0 Å². The maximum Gasteiger partial charge on any atom is 0.296 e. The van der Waals surface area contributed by atoms with E-state index in [4.69, 9.17) is 4.18 Å². The maximum absolute atomic E-state index is 12.2. The Bertz CT molecular complexity index is 607. The molecule has 3 nitrogen and oxygen atoms in total. The Morgan fingerprint density at radius 3 is 1.96 bits per heavy atom. The van der Waals surface area contributed by atoms with Gasteiger partial charge in [0.2, 0.25) is 0 Å². The zero-order chi connectivity index (χ0) is 20.8. The van der Waals surface area contributed by atoms with Crippen LogP contribution in [-0.2, 0) is 14.3 Å². The van der Waals surface area contributed by atoms with Crippen LogP contribution in [-0.4, -0.2) is 15.0 Å². The van der Waals surface area contributed by atoms with Crippen LogP contribution in [0.4, 0.5) is 0 Å². The lowest BCUT2D eigenvalue weighted by Crippen LogP contribution is -2.13. The summed E-state index contributed by atoms with van der Waals surface area (Å²) in [7, 11) is -3.64. The van der Waals surface area contributed by atoms with Crippen LogP contribution in [0.3, 0.4) is 0 Å². The van der Waals surface area contributed by atoms with E-state index >= 15 is 0 Å². The van der Waals surface area contributed by atoms with Gasteiger partial charge in [0.15, 0.2) is 0 Å². The van der Waals surface area contributed by atoms with Gasteiger partial charge < -0.3 is 0 Å². The average Bonchev–Trinajstić information content (AvgIpc) is 2.66. The molecule has 162 valence electrons. The lowest BCUT2D eigenvalue weighted by Gasteiger charge is -2.15. The average molecular weight is 411 g/mol. The van der Waals surface area contributed by atoms with Crippen LogP contribution in [0.15, 0.2) is 29.2 Å². The lowest BCUT2D eigenvalue weighted by molar-refractivity contribution is 0.251. The van der Waals surface area contributed by atoms with Crippen molar-refractivity contribution >= 4 is 10.1 Å². The van der Waals surface area contributed by atoms with Gasteiger partial charge in [-0.2, -0.15) is 8.42 Å². The van der Waals surface area contributed by atoms with E-state index in [0.717, 1.165) is 24.3 Å². The van der Waals surface area contributed by atoms with E-state index in [0.29, 0.717) is 0 Å². The SMILES string of the molecule is CCCCCCCCC[C@H](C)CCC[C@@H](C)COS(=O)(=O)c1ccc(C)cc1. The van der Waals surface area contributed by atoms with Crippen LogP contribution in [0.25, 0.3) is 0 Å². The molecule has 0 bridgehead atoms. The summed E-state index contributed by atoms with van der Waals surface area (Å²) < 4.78 is 29.7. The molecule has 4 heteroatoms. The molecule has 2 atom stereocenters. The fraction of sp³-hybridized carbons (Fsp3) is 0.750. The van der Waals surface area contributed by atoms with Crippen LogP contribution in [0.1, 0.15) is 97.0 Å². The first-order valence-electron chi connectivity index (χ1n) is 11.3. The molecule has 0 aliphatic heterocycles. The van der Waals surface area contributed by atoms with Crippen molar-refractivity contribution in [3.8, 4) is 0 Å². The monoisotopic (exact) mass is 410 g/mol. The molecule has 0 amide bonds. The fourth-order valence-corrected chi connectivity index (χ4v) is 4.49. The van der Waals surface area contributed by atoms with Gasteiger partial charge in [-0.3, -0.25) is 4.18 Å². The standard InChI is InChI=1S/C24H42O3S/c1-5-6-7-8-9-10-11-13-21(2)14-12-15-23(4)20-27-28(25,26)24-18-16-22(3)17-19-24/h16-19,21,23H,5-15,20H2,1-4H3/t21-,23+/m0/s1. The molecule has 0 fully saturated rings. The van der Waals surface area contributed by atoms with Crippen molar-refractivity contribution < 1.29 is 12.6 Å². The third-order valence-electron chi connectivity index (χ3n) is 5.51. The summed E-state index contributed by atoms with van der Waals surface area (Å²) in [6.07, 6.45) is 14.3. The number of hydrogen-bond donors (Lipinski definition) is 0. The maximum atomic E-state index is 12.2. The zero-order valence-electron chi connectivity index (χ0n) is 18.6. The Morgan fingerprint density at radius 2 is 1.32 bits per heavy atom. The van der Waals surface area contributed by atoms with Crippen molar-refractivity contribution in [3.05, 3.63) is 29.8 Å². The summed E-state index contributed by atoms with van der Waals surface area (Å²) in [5.74, 6) is 1.02. The highest BCUT2D eigenvalue weighted by Gasteiger charge is 2.16. The van der Waals surface area contributed by atoms with Crippen LogP contribution in [0.5, 0.6) is 0 Å². The molecule has 0 radical (unpaired) electrons. The normalized spacial score (nSPS) is 14.1. The lowest BCUT2D eigenvalue weighted by atomic mass is 9.94. The van der Waals surface area contributed by atoms with E-state index in [2.05, 4.69) is 20.8 Å². The molecule has 0 aliphatic carbocycles. The molecule has 0 saturated carbocycles. The molecule has 1 aromatic rings. The van der Waals surface area contributed by atoms with Gasteiger partial charge in [0.1, 0.15) is 0 Å². The van der Waals surface area contributed by atoms with Crippen LogP contribution in [0.2, 0.25) is 0 Å². The number of rotatable bonds is 16. The van der Waals surface area contributed by atoms with E-state index in [9.17, 15) is 8.42 Å². The largest absolute Gasteiger partial charge is 0.296 e. The number of benzene rings is 1. The van der Waals surface area contributed by atoms with Crippen LogP contribution >= 0.6 is 0 Å². The first-order valence-corrected chi connectivity index (χ1v) is 12.7. The smallest absolute Gasteiger partial charge is 0.266 e. The zero-order valence-corrected chi connectivity index (χ0v) is 19.4. The van der Waals surface area contributed by atoms with Gasteiger partial charge in [0, 0.05) is 0 Å². The Balaban J connectivity index is 2.12. The van der Waals surface area contributed by atoms with Gasteiger partial charge in [-0.05, 0) is 37.3 Å². The third-order valence-corrected chi connectivity index (χ3v) is 6.81. The predicted octanol–water partition coefficient (Wildman–Crippen LogP) is 7.28. The van der Waals surface area contributed by atoms with E-state index in [1.807, 2.05) is 6.92 Å². The molecule has 1 aromatic carbocycles. The molecule has 0 spiro atoms. The van der Waals surface area contributed by atoms with Crippen molar-refractivity contribution in [2.75, 3.05) is 6.61 Å². The number of hydrogen-bond acceptors (Lipinski definition) is 3. The molecule has 0 unspecified atom stereocenters. The van der Waals surface area contributed by atoms with Crippen LogP contribution < -0.4 is 0 Å². The van der Waals surface area contributed by atoms with Gasteiger partial charge in [-0.25, -0.2) is 0 Å². The summed E-state index contributed by atoms with van der Waals surface area (Å²) in [5.41, 5.74) is 1.04. The van der Waals surface area contributed by atoms with Crippen LogP contribution in [0, 0.1) is 18.8 Å². The van der Waals surface area contributed by atoms with Gasteiger partial charge in [0.05, 0.1) is 11.5 Å². The highest BCUT2D eigenvalue weighted by molar-refractivity contribution is 7.86. The molecule has 1 rings (SSSR count). The predicted molar refractivity (Wildman–Crippen MR) is 119 cm³/mol. The first-order chi connectivity index (χ1) is 13.3. The quantitative estimate of drug-likeness (QED) is 0.212. The highest BCUT2D eigenvalue weighted by Crippen LogP contribution is 2.20. The molecule has 0 N–H and O–H groups in total. The molecule has 28 heavy (non-hydrogen) atoms. The summed E-state index contributed by atoms with van der Waals surface area (Å²) in [5, 5.41) is 0. The first kappa shape index (κ1) is 25.2. The van der Waals surface area contributed by atoms with Crippen molar-refractivity contribution in [2.45, 2.75) is 103 Å². The Hall–Kier alpha value is -0.870. The highest BCUT2D eigenvalue weighted by atomic mass is 32.2. The second-order valence-corrected chi connectivity index (χ2v) is 10.2. The molecular formula is C24H42O3S. The molecule has 0 heterocycles. The van der Waals surface area contributed by atoms with E-state index in [1.54, 1.807) is 24.3 Å². The topological polar surface area (TPSA) is 43.4 Å². The van der Waals surface area contributed by atoms with Gasteiger partial charge in [0.25, 0.3) is 10.1 Å². The number of aryl methyl sites for hydroxylation is 1. The van der Waals surface area contributed by atoms with Crippen molar-refractivity contribution in [3.63, 3.8) is 0 Å². The summed E-state index contributed by atoms with van der Waals surface area (Å²) in [6.45, 7) is 8.89. The Morgan fingerprint density at radius 1 is 0.786 bits per heavy atom. The van der Waals surface area contributed by atoms with E-state index in [1.165, 1.54) is 57.8 Å². The van der Waals surface area contributed by atoms with Crippen molar-refractivity contribution in [1.29, 1.82) is 0 Å². The minimum Gasteiger partial charge on any atom is -0.266 e. The minimum atomic E-state index is -3.64. The van der Waals surface area contributed by atoms with Crippen molar-refractivity contribution in [2.24, 2.45) is 11.8 Å². The van der Waals surface area contributed by atoms with E-state index in [-0.39, 0.29) is 17.4 Å². The Kier molecular flexibility index (Phi) is 12.7. The molecule has 0 saturated heterocycles. The summed E-state index contributed by atoms with van der Waals surface area (Å²) in [4.78, 5) is 0.244. The van der Waals surface area contributed by atoms with E-state index < -0.39 is 10.1 Å². The Labute approximate surface area is 174 Å². The van der Waals surface area contributed by atoms with Gasteiger partial charge >= 0.3 is 0 Å².